The Morgan fingerprint density at radius 2 is 2.15 bits per heavy atom. The second-order valence-electron chi connectivity index (χ2n) is 6.53. The van der Waals surface area contributed by atoms with Crippen molar-refractivity contribution in [2.45, 2.75) is 52.2 Å². The van der Waals surface area contributed by atoms with E-state index in [1.54, 1.807) is 4.68 Å². The first-order chi connectivity index (χ1) is 12.8. The summed E-state index contributed by atoms with van der Waals surface area (Å²) >= 11 is 0. The number of para-hydroxylation sites is 1. The number of hydrogen-bond acceptors (Lipinski definition) is 6. The number of tetrazole rings is 1. The summed E-state index contributed by atoms with van der Waals surface area (Å²) in [5, 5.41) is 12.5. The maximum Gasteiger partial charge on any atom is 0.339 e. The second-order valence-corrected chi connectivity index (χ2v) is 6.53. The van der Waals surface area contributed by atoms with Gasteiger partial charge in [0.2, 0.25) is 0 Å². The molecule has 7 nitrogen and oxygen atoms in total. The monoisotopic (exact) mass is 351 g/mol. The van der Waals surface area contributed by atoms with Crippen LogP contribution in [0.2, 0.25) is 0 Å². The number of ether oxygens (including phenoxy) is 1. The Balaban J connectivity index is 1.60. The van der Waals surface area contributed by atoms with Gasteiger partial charge in [0.1, 0.15) is 0 Å². The lowest BCUT2D eigenvalue weighted by Gasteiger charge is -2.12. The highest BCUT2D eigenvalue weighted by Crippen LogP contribution is 2.30. The van der Waals surface area contributed by atoms with E-state index in [4.69, 9.17) is 9.72 Å². The molecule has 7 heteroatoms. The zero-order valence-electron chi connectivity index (χ0n) is 14.8. The van der Waals surface area contributed by atoms with Gasteiger partial charge in [-0.3, -0.25) is 4.98 Å². The normalized spacial score (nSPS) is 13.1. The maximum atomic E-state index is 12.9. The lowest BCUT2D eigenvalue weighted by Crippen LogP contribution is -2.13. The number of carbonyl (C=O) groups is 1. The van der Waals surface area contributed by atoms with E-state index in [1.807, 2.05) is 24.3 Å². The molecule has 2 heterocycles. The summed E-state index contributed by atoms with van der Waals surface area (Å²) in [6.07, 6.45) is 4.83. The van der Waals surface area contributed by atoms with Crippen LogP contribution in [0.3, 0.4) is 0 Å². The summed E-state index contributed by atoms with van der Waals surface area (Å²) in [5.74, 6) is 0.244. The molecule has 2 aromatic heterocycles. The van der Waals surface area contributed by atoms with E-state index < -0.39 is 0 Å². The Morgan fingerprint density at radius 1 is 1.27 bits per heavy atom. The number of pyridine rings is 1. The highest BCUT2D eigenvalue weighted by Gasteiger charge is 2.25. The van der Waals surface area contributed by atoms with Crippen LogP contribution >= 0.6 is 0 Å². The van der Waals surface area contributed by atoms with Gasteiger partial charge in [0.05, 0.1) is 11.1 Å². The predicted octanol–water partition coefficient (Wildman–Crippen LogP) is 2.87. The molecule has 0 atom stereocenters. The van der Waals surface area contributed by atoms with E-state index in [1.165, 1.54) is 0 Å². The molecule has 0 aliphatic heterocycles. The van der Waals surface area contributed by atoms with E-state index in [0.717, 1.165) is 60.8 Å². The fourth-order valence-corrected chi connectivity index (χ4v) is 3.45. The summed E-state index contributed by atoms with van der Waals surface area (Å²) < 4.78 is 7.30. The molecule has 0 N–H and O–H groups in total. The molecule has 0 unspecified atom stereocenters. The number of rotatable bonds is 6. The number of hydrogen-bond donors (Lipinski definition) is 0. The molecule has 0 saturated heterocycles. The van der Waals surface area contributed by atoms with Gasteiger partial charge in [-0.15, -0.1) is 5.10 Å². The van der Waals surface area contributed by atoms with Gasteiger partial charge in [-0.05, 0) is 47.7 Å². The van der Waals surface area contributed by atoms with Gasteiger partial charge in [-0.2, -0.15) is 0 Å². The molecule has 0 fully saturated rings. The van der Waals surface area contributed by atoms with Crippen LogP contribution in [0, 0.1) is 0 Å². The van der Waals surface area contributed by atoms with Crippen molar-refractivity contribution in [1.82, 2.24) is 25.2 Å². The molecule has 0 spiro atoms. The third-order valence-corrected chi connectivity index (χ3v) is 4.79. The molecule has 1 aromatic carbocycles. The predicted molar refractivity (Wildman–Crippen MR) is 95.6 cm³/mol. The summed E-state index contributed by atoms with van der Waals surface area (Å²) in [6.45, 7) is 2.91. The van der Waals surface area contributed by atoms with Crippen LogP contribution in [0.15, 0.2) is 24.3 Å². The zero-order valence-corrected chi connectivity index (χ0v) is 14.8. The SMILES string of the molecule is CCCCn1nnnc1COC(=O)c1c2c(nc3ccccc13)CCC2. The number of benzene rings is 1. The van der Waals surface area contributed by atoms with Crippen molar-refractivity contribution in [3.05, 3.63) is 46.9 Å². The largest absolute Gasteiger partial charge is 0.454 e. The van der Waals surface area contributed by atoms with Crippen LogP contribution in [0.5, 0.6) is 0 Å². The average molecular weight is 351 g/mol. The first kappa shape index (κ1) is 16.6. The molecule has 26 heavy (non-hydrogen) atoms. The van der Waals surface area contributed by atoms with E-state index in [0.29, 0.717) is 11.4 Å². The average Bonchev–Trinajstić information content (AvgIpc) is 3.31. The Labute approximate surface area is 151 Å². The van der Waals surface area contributed by atoms with Crippen LogP contribution in [0.25, 0.3) is 10.9 Å². The van der Waals surface area contributed by atoms with Gasteiger partial charge in [0.25, 0.3) is 0 Å². The number of aryl methyl sites for hydroxylation is 2. The van der Waals surface area contributed by atoms with Crippen molar-refractivity contribution >= 4 is 16.9 Å². The van der Waals surface area contributed by atoms with E-state index in [-0.39, 0.29) is 12.6 Å². The van der Waals surface area contributed by atoms with Gasteiger partial charge in [0, 0.05) is 17.6 Å². The van der Waals surface area contributed by atoms with Crippen molar-refractivity contribution in [2.24, 2.45) is 0 Å². The topological polar surface area (TPSA) is 82.8 Å². The lowest BCUT2D eigenvalue weighted by molar-refractivity contribution is 0.0457. The van der Waals surface area contributed by atoms with Gasteiger partial charge in [-0.25, -0.2) is 9.48 Å². The van der Waals surface area contributed by atoms with Crippen LogP contribution in [0.1, 0.15) is 53.6 Å². The fourth-order valence-electron chi connectivity index (χ4n) is 3.45. The minimum atomic E-state index is -0.327. The molecule has 0 radical (unpaired) electrons. The Morgan fingerprint density at radius 3 is 3.04 bits per heavy atom. The number of unbranched alkanes of at least 4 members (excludes halogenated alkanes) is 1. The Hall–Kier alpha value is -2.83. The molecule has 4 rings (SSSR count). The Bertz CT molecular complexity index is 950. The quantitative estimate of drug-likeness (QED) is 0.635. The van der Waals surface area contributed by atoms with Crippen molar-refractivity contribution in [3.8, 4) is 0 Å². The lowest BCUT2D eigenvalue weighted by atomic mass is 10.0. The molecule has 0 amide bonds. The van der Waals surface area contributed by atoms with Gasteiger partial charge in [-0.1, -0.05) is 31.5 Å². The number of esters is 1. The van der Waals surface area contributed by atoms with Crippen LogP contribution in [0.4, 0.5) is 0 Å². The highest BCUT2D eigenvalue weighted by molar-refractivity contribution is 6.05. The smallest absolute Gasteiger partial charge is 0.339 e. The summed E-state index contributed by atoms with van der Waals surface area (Å²) in [5.41, 5.74) is 3.53. The zero-order chi connectivity index (χ0) is 17.9. The van der Waals surface area contributed by atoms with Crippen LogP contribution < -0.4 is 0 Å². The van der Waals surface area contributed by atoms with Crippen molar-refractivity contribution < 1.29 is 9.53 Å². The molecular formula is C19H21N5O2. The molecule has 3 aromatic rings. The number of fused-ring (bicyclic) bond motifs is 2. The molecule has 1 aliphatic rings. The van der Waals surface area contributed by atoms with E-state index >= 15 is 0 Å². The van der Waals surface area contributed by atoms with Gasteiger partial charge >= 0.3 is 5.97 Å². The summed E-state index contributed by atoms with van der Waals surface area (Å²) in [4.78, 5) is 17.6. The summed E-state index contributed by atoms with van der Waals surface area (Å²) in [7, 11) is 0. The molecular weight excluding hydrogens is 330 g/mol. The molecule has 0 saturated carbocycles. The highest BCUT2D eigenvalue weighted by atomic mass is 16.5. The minimum Gasteiger partial charge on any atom is -0.454 e. The first-order valence-corrected chi connectivity index (χ1v) is 9.10. The second kappa shape index (κ2) is 7.19. The standard InChI is InChI=1S/C19H21N5O2/c1-2-3-11-24-17(21-22-23-24)12-26-19(25)18-13-7-4-5-9-15(13)20-16-10-6-8-14(16)18/h4-5,7,9H,2-3,6,8,10-12H2,1H3. The van der Waals surface area contributed by atoms with E-state index in [2.05, 4.69) is 22.4 Å². The number of aromatic nitrogens is 5. The molecule has 1 aliphatic carbocycles. The van der Waals surface area contributed by atoms with E-state index in [9.17, 15) is 4.79 Å². The van der Waals surface area contributed by atoms with Crippen molar-refractivity contribution in [1.29, 1.82) is 0 Å². The minimum absolute atomic E-state index is 0.0704. The third-order valence-electron chi connectivity index (χ3n) is 4.79. The van der Waals surface area contributed by atoms with Crippen molar-refractivity contribution in [2.75, 3.05) is 0 Å². The molecule has 134 valence electrons. The first-order valence-electron chi connectivity index (χ1n) is 9.10. The van der Waals surface area contributed by atoms with Crippen LogP contribution in [-0.4, -0.2) is 31.2 Å². The number of carbonyl (C=O) groups excluding carboxylic acids is 1. The van der Waals surface area contributed by atoms with Crippen molar-refractivity contribution in [3.63, 3.8) is 0 Å². The molecule has 0 bridgehead atoms. The maximum absolute atomic E-state index is 12.9. The van der Waals surface area contributed by atoms with Gasteiger partial charge in [0.15, 0.2) is 12.4 Å². The van der Waals surface area contributed by atoms with Gasteiger partial charge < -0.3 is 4.74 Å². The Kier molecular flexibility index (Phi) is 4.60. The van der Waals surface area contributed by atoms with Crippen LogP contribution in [-0.2, 0) is 30.7 Å². The number of nitrogens with zero attached hydrogens (tertiary/aromatic N) is 5. The third kappa shape index (κ3) is 3.05. The fraction of sp³-hybridized carbons (Fsp3) is 0.421. The summed E-state index contributed by atoms with van der Waals surface area (Å²) in [6, 6.07) is 7.74.